The second-order valence-electron chi connectivity index (χ2n) is 6.55. The molecule has 0 saturated heterocycles. The Morgan fingerprint density at radius 1 is 1.35 bits per heavy atom. The van der Waals surface area contributed by atoms with Crippen LogP contribution in [0.1, 0.15) is 45.1 Å². The summed E-state index contributed by atoms with van der Waals surface area (Å²) in [5.41, 5.74) is 6.92. The van der Waals surface area contributed by atoms with Crippen LogP contribution in [0.25, 0.3) is 0 Å². The van der Waals surface area contributed by atoms with Crippen LogP contribution < -0.4 is 10.5 Å². The van der Waals surface area contributed by atoms with Gasteiger partial charge in [0.15, 0.2) is 11.6 Å². The van der Waals surface area contributed by atoms with Gasteiger partial charge in [0.1, 0.15) is 0 Å². The maximum absolute atomic E-state index is 14.2. The summed E-state index contributed by atoms with van der Waals surface area (Å²) in [6.07, 6.45) is 4.86. The lowest BCUT2D eigenvalue weighted by molar-refractivity contribution is 0.193. The Morgan fingerprint density at radius 2 is 2.00 bits per heavy atom. The summed E-state index contributed by atoms with van der Waals surface area (Å²) in [5, 5.41) is 0. The highest BCUT2D eigenvalue weighted by atomic mass is 19.1. The van der Waals surface area contributed by atoms with Crippen molar-refractivity contribution in [3.63, 3.8) is 0 Å². The van der Waals surface area contributed by atoms with Gasteiger partial charge in [0.25, 0.3) is 0 Å². The summed E-state index contributed by atoms with van der Waals surface area (Å²) < 4.78 is 19.3. The molecule has 2 rings (SSSR count). The smallest absolute Gasteiger partial charge is 0.168 e. The Bertz CT molecular complexity index is 450. The van der Waals surface area contributed by atoms with Crippen LogP contribution in [0.2, 0.25) is 0 Å². The third-order valence-corrected chi connectivity index (χ3v) is 4.77. The molecule has 0 heterocycles. The zero-order chi connectivity index (χ0) is 14.8. The van der Waals surface area contributed by atoms with Gasteiger partial charge in [-0.1, -0.05) is 26.0 Å². The van der Waals surface area contributed by atoms with Gasteiger partial charge in [0, 0.05) is 5.54 Å². The average molecular weight is 279 g/mol. The predicted octanol–water partition coefficient (Wildman–Crippen LogP) is 3.92. The lowest BCUT2D eigenvalue weighted by Gasteiger charge is -2.39. The fraction of sp³-hybridized carbons (Fsp3) is 0.647. The van der Waals surface area contributed by atoms with Crippen molar-refractivity contribution in [3.8, 4) is 5.75 Å². The molecule has 1 aromatic rings. The van der Waals surface area contributed by atoms with E-state index in [0.717, 1.165) is 31.6 Å². The van der Waals surface area contributed by atoms with Crippen molar-refractivity contribution in [2.75, 3.05) is 7.11 Å². The zero-order valence-electron chi connectivity index (χ0n) is 12.8. The van der Waals surface area contributed by atoms with Gasteiger partial charge in [0.05, 0.1) is 7.11 Å². The normalized spacial score (nSPS) is 26.8. The van der Waals surface area contributed by atoms with Crippen LogP contribution >= 0.6 is 0 Å². The van der Waals surface area contributed by atoms with Crippen molar-refractivity contribution >= 4 is 0 Å². The minimum atomic E-state index is -0.265. The van der Waals surface area contributed by atoms with Gasteiger partial charge in [-0.15, -0.1) is 0 Å². The zero-order valence-corrected chi connectivity index (χ0v) is 12.8. The molecule has 0 radical (unpaired) electrons. The van der Waals surface area contributed by atoms with Crippen molar-refractivity contribution in [1.82, 2.24) is 0 Å². The van der Waals surface area contributed by atoms with Crippen molar-refractivity contribution < 1.29 is 9.13 Å². The maximum atomic E-state index is 14.2. The SMILES string of the molecule is COc1cccc(CC2(N)CCC(C(C)C)CC2)c1F. The predicted molar refractivity (Wildman–Crippen MR) is 80.4 cm³/mol. The van der Waals surface area contributed by atoms with E-state index in [1.165, 1.54) is 7.11 Å². The molecular formula is C17H26FNO. The monoisotopic (exact) mass is 279 g/mol. The van der Waals surface area contributed by atoms with Gasteiger partial charge >= 0.3 is 0 Å². The van der Waals surface area contributed by atoms with E-state index in [9.17, 15) is 4.39 Å². The highest BCUT2D eigenvalue weighted by Crippen LogP contribution is 2.37. The largest absolute Gasteiger partial charge is 0.494 e. The number of hydrogen-bond donors (Lipinski definition) is 1. The van der Waals surface area contributed by atoms with E-state index in [4.69, 9.17) is 10.5 Å². The van der Waals surface area contributed by atoms with Crippen LogP contribution in [-0.2, 0) is 6.42 Å². The quantitative estimate of drug-likeness (QED) is 0.906. The molecule has 2 N–H and O–H groups in total. The van der Waals surface area contributed by atoms with Crippen molar-refractivity contribution in [3.05, 3.63) is 29.6 Å². The highest BCUT2D eigenvalue weighted by Gasteiger charge is 2.33. The minimum Gasteiger partial charge on any atom is -0.494 e. The van der Waals surface area contributed by atoms with Crippen molar-refractivity contribution in [2.45, 2.75) is 51.5 Å². The first kappa shape index (κ1) is 15.3. The topological polar surface area (TPSA) is 35.2 Å². The van der Waals surface area contributed by atoms with Crippen LogP contribution in [0, 0.1) is 17.7 Å². The number of halogens is 1. The summed E-state index contributed by atoms with van der Waals surface area (Å²) in [6.45, 7) is 4.55. The number of benzene rings is 1. The molecule has 20 heavy (non-hydrogen) atoms. The van der Waals surface area contributed by atoms with E-state index in [2.05, 4.69) is 13.8 Å². The first-order chi connectivity index (χ1) is 9.45. The summed E-state index contributed by atoms with van der Waals surface area (Å²) in [7, 11) is 1.49. The molecule has 0 aliphatic heterocycles. The Hall–Kier alpha value is -1.09. The van der Waals surface area contributed by atoms with E-state index in [1.807, 2.05) is 12.1 Å². The molecule has 112 valence electrons. The van der Waals surface area contributed by atoms with Gasteiger partial charge in [0.2, 0.25) is 0 Å². The molecule has 1 aliphatic rings. The summed E-state index contributed by atoms with van der Waals surface area (Å²) in [4.78, 5) is 0. The number of hydrogen-bond acceptors (Lipinski definition) is 2. The molecule has 1 aromatic carbocycles. The second-order valence-corrected chi connectivity index (χ2v) is 6.55. The molecule has 0 amide bonds. The van der Waals surface area contributed by atoms with Gasteiger partial charge in [-0.25, -0.2) is 4.39 Å². The van der Waals surface area contributed by atoms with Crippen LogP contribution in [0.4, 0.5) is 4.39 Å². The van der Waals surface area contributed by atoms with Gasteiger partial charge in [-0.2, -0.15) is 0 Å². The number of rotatable bonds is 4. The summed E-state index contributed by atoms with van der Waals surface area (Å²) >= 11 is 0. The standard InChI is InChI=1S/C17H26FNO/c1-12(2)13-7-9-17(19,10-8-13)11-14-5-4-6-15(20-3)16(14)18/h4-6,12-13H,7-11,19H2,1-3H3. The molecule has 0 bridgehead atoms. The van der Waals surface area contributed by atoms with Crippen molar-refractivity contribution in [1.29, 1.82) is 0 Å². The lowest BCUT2D eigenvalue weighted by Crippen LogP contribution is -2.46. The Kier molecular flexibility index (Phi) is 4.69. The molecule has 0 unspecified atom stereocenters. The lowest BCUT2D eigenvalue weighted by atomic mass is 9.71. The van der Waals surface area contributed by atoms with Crippen LogP contribution in [0.3, 0.4) is 0 Å². The molecule has 0 atom stereocenters. The average Bonchev–Trinajstić information content (AvgIpc) is 2.41. The van der Waals surface area contributed by atoms with E-state index in [1.54, 1.807) is 6.07 Å². The first-order valence-corrected chi connectivity index (χ1v) is 7.55. The van der Waals surface area contributed by atoms with E-state index < -0.39 is 0 Å². The Morgan fingerprint density at radius 3 is 2.55 bits per heavy atom. The molecule has 1 fully saturated rings. The van der Waals surface area contributed by atoms with E-state index in [-0.39, 0.29) is 11.4 Å². The van der Waals surface area contributed by atoms with E-state index in [0.29, 0.717) is 23.7 Å². The minimum absolute atomic E-state index is 0.259. The van der Waals surface area contributed by atoms with Crippen LogP contribution in [-0.4, -0.2) is 12.6 Å². The summed E-state index contributed by atoms with van der Waals surface area (Å²) in [5.74, 6) is 1.53. The molecule has 0 spiro atoms. The Balaban J connectivity index is 2.07. The van der Waals surface area contributed by atoms with Crippen LogP contribution in [0.15, 0.2) is 18.2 Å². The van der Waals surface area contributed by atoms with Gasteiger partial charge in [-0.05, 0) is 55.6 Å². The van der Waals surface area contributed by atoms with E-state index >= 15 is 0 Å². The molecule has 3 heteroatoms. The Labute approximate surface area is 121 Å². The molecule has 2 nitrogen and oxygen atoms in total. The molecule has 0 aromatic heterocycles. The number of methoxy groups -OCH3 is 1. The van der Waals surface area contributed by atoms with Gasteiger partial charge < -0.3 is 10.5 Å². The van der Waals surface area contributed by atoms with Gasteiger partial charge in [-0.3, -0.25) is 0 Å². The summed E-state index contributed by atoms with van der Waals surface area (Å²) in [6, 6.07) is 5.30. The number of ether oxygens (including phenoxy) is 1. The second kappa shape index (κ2) is 6.13. The molecule has 1 saturated carbocycles. The highest BCUT2D eigenvalue weighted by molar-refractivity contribution is 5.32. The fourth-order valence-corrected chi connectivity index (χ4v) is 3.29. The first-order valence-electron chi connectivity index (χ1n) is 7.55. The van der Waals surface area contributed by atoms with Crippen molar-refractivity contribution in [2.24, 2.45) is 17.6 Å². The molecular weight excluding hydrogens is 253 g/mol. The fourth-order valence-electron chi connectivity index (χ4n) is 3.29. The number of nitrogens with two attached hydrogens (primary N) is 1. The third-order valence-electron chi connectivity index (χ3n) is 4.77. The van der Waals surface area contributed by atoms with Crippen LogP contribution in [0.5, 0.6) is 5.75 Å². The maximum Gasteiger partial charge on any atom is 0.168 e. The third kappa shape index (κ3) is 3.32. The molecule has 1 aliphatic carbocycles.